The molecule has 0 N–H and O–H groups in total. The molecule has 98 valence electrons. The molecule has 0 aromatic heterocycles. The average Bonchev–Trinajstić information content (AvgIpc) is 2.29. The molecule has 1 aromatic carbocycles. The molecule has 1 aromatic rings. The Morgan fingerprint density at radius 2 is 1.89 bits per heavy atom. The fourth-order valence-electron chi connectivity index (χ4n) is 2.77. The van der Waals surface area contributed by atoms with Crippen LogP contribution in [0, 0.1) is 5.92 Å². The minimum atomic E-state index is -0.356. The number of rotatable bonds is 4. The van der Waals surface area contributed by atoms with Gasteiger partial charge in [0.25, 0.3) is 0 Å². The molecule has 0 aliphatic heterocycles. The quantitative estimate of drug-likeness (QED) is 0.760. The van der Waals surface area contributed by atoms with E-state index >= 15 is 0 Å². The molecule has 0 bridgehead atoms. The first-order valence-electron chi connectivity index (χ1n) is 6.76. The maximum Gasteiger partial charge on any atom is 0.316 e. The van der Waals surface area contributed by atoms with Gasteiger partial charge in [-0.15, -0.1) is 0 Å². The second-order valence-electron chi connectivity index (χ2n) is 5.72. The van der Waals surface area contributed by atoms with Gasteiger partial charge in [0.15, 0.2) is 0 Å². The lowest BCUT2D eigenvalue weighted by atomic mass is 9.64. The van der Waals surface area contributed by atoms with Gasteiger partial charge in [-0.2, -0.15) is 0 Å². The molecular formula is C16H22O2. The smallest absolute Gasteiger partial charge is 0.316 e. The highest BCUT2D eigenvalue weighted by atomic mass is 16.5. The molecule has 0 saturated heterocycles. The largest absolute Gasteiger partial charge is 0.468 e. The van der Waals surface area contributed by atoms with Crippen LogP contribution in [0.1, 0.15) is 44.2 Å². The van der Waals surface area contributed by atoms with Crippen molar-refractivity contribution in [3.63, 3.8) is 0 Å². The zero-order valence-corrected chi connectivity index (χ0v) is 11.5. The summed E-state index contributed by atoms with van der Waals surface area (Å²) in [6.07, 6.45) is 4.04. The van der Waals surface area contributed by atoms with Gasteiger partial charge in [0.05, 0.1) is 12.5 Å². The Bertz CT molecular complexity index is 413. The van der Waals surface area contributed by atoms with E-state index < -0.39 is 0 Å². The molecule has 18 heavy (non-hydrogen) atoms. The lowest BCUT2D eigenvalue weighted by molar-refractivity contribution is -0.151. The van der Waals surface area contributed by atoms with Gasteiger partial charge in [-0.3, -0.25) is 4.79 Å². The third-order valence-electron chi connectivity index (χ3n) is 3.93. The summed E-state index contributed by atoms with van der Waals surface area (Å²) in [6, 6.07) is 8.51. The van der Waals surface area contributed by atoms with Gasteiger partial charge in [0.2, 0.25) is 0 Å². The van der Waals surface area contributed by atoms with E-state index in [4.69, 9.17) is 4.74 Å². The van der Waals surface area contributed by atoms with E-state index in [2.05, 4.69) is 38.1 Å². The monoisotopic (exact) mass is 246 g/mol. The first kappa shape index (κ1) is 13.1. The highest BCUT2D eigenvalue weighted by Gasteiger charge is 2.46. The topological polar surface area (TPSA) is 26.3 Å². The van der Waals surface area contributed by atoms with Gasteiger partial charge >= 0.3 is 5.97 Å². The predicted molar refractivity (Wildman–Crippen MR) is 72.5 cm³/mol. The van der Waals surface area contributed by atoms with Crippen LogP contribution >= 0.6 is 0 Å². The molecule has 1 aliphatic rings. The van der Waals surface area contributed by atoms with Crippen molar-refractivity contribution in [2.75, 3.05) is 7.11 Å². The van der Waals surface area contributed by atoms with Gasteiger partial charge in [-0.25, -0.2) is 0 Å². The maximum absolute atomic E-state index is 12.0. The molecular weight excluding hydrogens is 224 g/mol. The van der Waals surface area contributed by atoms with Gasteiger partial charge in [-0.1, -0.05) is 44.5 Å². The minimum absolute atomic E-state index is 0.0784. The van der Waals surface area contributed by atoms with E-state index in [9.17, 15) is 4.79 Å². The molecule has 0 amide bonds. The summed E-state index contributed by atoms with van der Waals surface area (Å²) >= 11 is 0. The normalized spacial score (nSPS) is 17.3. The van der Waals surface area contributed by atoms with Gasteiger partial charge < -0.3 is 4.74 Å². The number of esters is 1. The minimum Gasteiger partial charge on any atom is -0.468 e. The van der Waals surface area contributed by atoms with E-state index in [0.29, 0.717) is 5.92 Å². The first-order chi connectivity index (χ1) is 8.58. The molecule has 0 radical (unpaired) electrons. The van der Waals surface area contributed by atoms with Gasteiger partial charge in [0.1, 0.15) is 0 Å². The Hall–Kier alpha value is -1.31. The molecule has 2 nitrogen and oxygen atoms in total. The Morgan fingerprint density at radius 1 is 1.28 bits per heavy atom. The summed E-state index contributed by atoms with van der Waals surface area (Å²) < 4.78 is 4.97. The second kappa shape index (κ2) is 5.13. The SMILES string of the molecule is COC(=O)C1(c2ccc(CC(C)C)cc2)CCC1. The van der Waals surface area contributed by atoms with Gasteiger partial charge in [0, 0.05) is 0 Å². The maximum atomic E-state index is 12.0. The highest BCUT2D eigenvalue weighted by Crippen LogP contribution is 2.44. The molecule has 1 saturated carbocycles. The van der Waals surface area contributed by atoms with Crippen molar-refractivity contribution in [3.05, 3.63) is 35.4 Å². The lowest BCUT2D eigenvalue weighted by Gasteiger charge is -2.39. The Morgan fingerprint density at radius 3 is 2.28 bits per heavy atom. The summed E-state index contributed by atoms with van der Waals surface area (Å²) in [7, 11) is 1.48. The zero-order chi connectivity index (χ0) is 13.2. The third kappa shape index (κ3) is 2.29. The number of hydrogen-bond donors (Lipinski definition) is 0. The van der Waals surface area contributed by atoms with Crippen molar-refractivity contribution in [2.24, 2.45) is 5.92 Å². The zero-order valence-electron chi connectivity index (χ0n) is 11.5. The van der Waals surface area contributed by atoms with Crippen molar-refractivity contribution < 1.29 is 9.53 Å². The summed E-state index contributed by atoms with van der Waals surface area (Å²) in [6.45, 7) is 4.44. The highest BCUT2D eigenvalue weighted by molar-refractivity contribution is 5.84. The standard InChI is InChI=1S/C16H22O2/c1-12(2)11-13-5-7-14(8-6-13)16(9-4-10-16)15(17)18-3/h5-8,12H,4,9-11H2,1-3H3. The van der Waals surface area contributed by atoms with E-state index in [1.165, 1.54) is 12.7 Å². The predicted octanol–water partition coefficient (Wildman–Crippen LogP) is 3.48. The van der Waals surface area contributed by atoms with E-state index in [1.807, 2.05) is 0 Å². The number of hydrogen-bond acceptors (Lipinski definition) is 2. The van der Waals surface area contributed by atoms with Crippen LogP contribution in [0.5, 0.6) is 0 Å². The van der Waals surface area contributed by atoms with E-state index in [0.717, 1.165) is 31.2 Å². The lowest BCUT2D eigenvalue weighted by Crippen LogP contribution is -2.43. The van der Waals surface area contributed by atoms with Crippen molar-refractivity contribution >= 4 is 5.97 Å². The fraction of sp³-hybridized carbons (Fsp3) is 0.562. The molecule has 0 spiro atoms. The van der Waals surface area contributed by atoms with Crippen LogP contribution in [-0.4, -0.2) is 13.1 Å². The summed E-state index contributed by atoms with van der Waals surface area (Å²) in [5, 5.41) is 0. The molecule has 2 rings (SSSR count). The van der Waals surface area contributed by atoms with Crippen molar-refractivity contribution in [1.82, 2.24) is 0 Å². The molecule has 1 aliphatic carbocycles. The van der Waals surface area contributed by atoms with Crippen LogP contribution < -0.4 is 0 Å². The number of benzene rings is 1. The van der Waals surface area contributed by atoms with Crippen molar-refractivity contribution in [3.8, 4) is 0 Å². The second-order valence-corrected chi connectivity index (χ2v) is 5.72. The van der Waals surface area contributed by atoms with Crippen LogP contribution in [0.25, 0.3) is 0 Å². The van der Waals surface area contributed by atoms with E-state index in [1.54, 1.807) is 0 Å². The first-order valence-corrected chi connectivity index (χ1v) is 6.76. The van der Waals surface area contributed by atoms with Crippen LogP contribution in [0.15, 0.2) is 24.3 Å². The van der Waals surface area contributed by atoms with Crippen LogP contribution in [0.3, 0.4) is 0 Å². The Balaban J connectivity index is 2.20. The third-order valence-corrected chi connectivity index (χ3v) is 3.93. The van der Waals surface area contributed by atoms with Crippen LogP contribution in [0.4, 0.5) is 0 Å². The van der Waals surface area contributed by atoms with E-state index in [-0.39, 0.29) is 11.4 Å². The molecule has 0 unspecified atom stereocenters. The number of methoxy groups -OCH3 is 1. The number of ether oxygens (including phenoxy) is 1. The Labute approximate surface area is 109 Å². The summed E-state index contributed by atoms with van der Waals surface area (Å²) in [5.74, 6) is 0.583. The molecule has 0 atom stereocenters. The fourth-order valence-corrected chi connectivity index (χ4v) is 2.77. The number of carbonyl (C=O) groups excluding carboxylic acids is 1. The van der Waals surface area contributed by atoms with Crippen molar-refractivity contribution in [2.45, 2.75) is 44.9 Å². The Kier molecular flexibility index (Phi) is 3.74. The number of carbonyl (C=O) groups is 1. The molecule has 0 heterocycles. The van der Waals surface area contributed by atoms with Gasteiger partial charge in [-0.05, 0) is 36.3 Å². The van der Waals surface area contributed by atoms with Crippen molar-refractivity contribution in [1.29, 1.82) is 0 Å². The summed E-state index contributed by atoms with van der Waals surface area (Å²) in [4.78, 5) is 12.0. The molecule has 2 heteroatoms. The average molecular weight is 246 g/mol. The summed E-state index contributed by atoms with van der Waals surface area (Å²) in [5.41, 5.74) is 2.10. The van der Waals surface area contributed by atoms with Crippen LogP contribution in [-0.2, 0) is 21.4 Å². The van der Waals surface area contributed by atoms with Crippen LogP contribution in [0.2, 0.25) is 0 Å². The molecule has 1 fully saturated rings.